The summed E-state index contributed by atoms with van der Waals surface area (Å²) in [5.74, 6) is 0. The van der Waals surface area contributed by atoms with Gasteiger partial charge in [0.1, 0.15) is 0 Å². The van der Waals surface area contributed by atoms with Gasteiger partial charge in [0, 0.05) is 25.3 Å². The molecule has 1 aliphatic rings. The number of benzene rings is 1. The van der Waals surface area contributed by atoms with Gasteiger partial charge in [-0.3, -0.25) is 0 Å². The number of nitrogens with one attached hydrogen (secondary N) is 2. The van der Waals surface area contributed by atoms with Crippen LogP contribution in [0.5, 0.6) is 0 Å². The molecule has 1 aliphatic heterocycles. The van der Waals surface area contributed by atoms with Gasteiger partial charge in [-0.25, -0.2) is 0 Å². The van der Waals surface area contributed by atoms with E-state index in [1.54, 1.807) is 0 Å². The van der Waals surface area contributed by atoms with Gasteiger partial charge in [0.2, 0.25) is 0 Å². The summed E-state index contributed by atoms with van der Waals surface area (Å²) in [5.41, 5.74) is 3.93. The lowest BCUT2D eigenvalue weighted by atomic mass is 10.1. The smallest absolute Gasteiger partial charge is 0.0716 e. The zero-order valence-electron chi connectivity index (χ0n) is 10.8. The maximum atomic E-state index is 5.67. The van der Waals surface area contributed by atoms with Crippen molar-refractivity contribution in [3.8, 4) is 0 Å². The molecule has 1 aromatic rings. The van der Waals surface area contributed by atoms with E-state index in [9.17, 15) is 0 Å². The highest BCUT2D eigenvalue weighted by Crippen LogP contribution is 2.18. The number of morpholine rings is 1. The summed E-state index contributed by atoms with van der Waals surface area (Å²) >= 11 is 0. The molecule has 0 amide bonds. The lowest BCUT2D eigenvalue weighted by Crippen LogP contribution is -2.39. The van der Waals surface area contributed by atoms with Gasteiger partial charge in [0.15, 0.2) is 0 Å². The lowest BCUT2D eigenvalue weighted by Gasteiger charge is -2.24. The van der Waals surface area contributed by atoms with Crippen LogP contribution in [0.1, 0.15) is 17.5 Å². The van der Waals surface area contributed by atoms with Crippen molar-refractivity contribution in [2.45, 2.75) is 26.4 Å². The van der Waals surface area contributed by atoms with Crippen LogP contribution in [-0.4, -0.2) is 32.3 Å². The minimum Gasteiger partial charge on any atom is -0.385 e. The molecule has 0 aromatic heterocycles. The molecule has 1 unspecified atom stereocenters. The summed E-state index contributed by atoms with van der Waals surface area (Å²) in [6, 6.07) is 6.39. The first-order valence-corrected chi connectivity index (χ1v) is 6.40. The van der Waals surface area contributed by atoms with Gasteiger partial charge in [-0.2, -0.15) is 0 Å². The summed E-state index contributed by atoms with van der Waals surface area (Å²) in [7, 11) is 0. The predicted molar refractivity (Wildman–Crippen MR) is 71.6 cm³/mol. The molecule has 1 fully saturated rings. The van der Waals surface area contributed by atoms with Crippen LogP contribution >= 0.6 is 0 Å². The van der Waals surface area contributed by atoms with E-state index in [1.807, 2.05) is 0 Å². The Hall–Kier alpha value is -1.06. The van der Waals surface area contributed by atoms with E-state index in [0.29, 0.717) is 6.10 Å². The second kappa shape index (κ2) is 6.03. The topological polar surface area (TPSA) is 33.3 Å². The summed E-state index contributed by atoms with van der Waals surface area (Å²) in [6.07, 6.45) is 1.42. The molecule has 1 atom stereocenters. The van der Waals surface area contributed by atoms with Gasteiger partial charge in [-0.05, 0) is 37.5 Å². The van der Waals surface area contributed by atoms with E-state index in [2.05, 4.69) is 42.7 Å². The van der Waals surface area contributed by atoms with Crippen LogP contribution in [0.4, 0.5) is 5.69 Å². The monoisotopic (exact) mass is 234 g/mol. The van der Waals surface area contributed by atoms with Crippen LogP contribution in [0.15, 0.2) is 18.2 Å². The van der Waals surface area contributed by atoms with Crippen molar-refractivity contribution in [3.63, 3.8) is 0 Å². The molecule has 2 N–H and O–H groups in total. The normalized spacial score (nSPS) is 20.2. The molecule has 0 aliphatic carbocycles. The quantitative estimate of drug-likeness (QED) is 0.837. The molecule has 0 saturated carbocycles. The molecule has 94 valence electrons. The van der Waals surface area contributed by atoms with Crippen LogP contribution in [0.2, 0.25) is 0 Å². The van der Waals surface area contributed by atoms with E-state index >= 15 is 0 Å². The van der Waals surface area contributed by atoms with Crippen molar-refractivity contribution in [1.82, 2.24) is 5.32 Å². The molecule has 1 heterocycles. The van der Waals surface area contributed by atoms with Gasteiger partial charge in [0.25, 0.3) is 0 Å². The highest BCUT2D eigenvalue weighted by Gasteiger charge is 2.12. The molecule has 1 aromatic carbocycles. The molecule has 3 nitrogen and oxygen atoms in total. The zero-order valence-corrected chi connectivity index (χ0v) is 10.8. The molecular formula is C14H22N2O. The first-order valence-electron chi connectivity index (χ1n) is 6.40. The number of anilines is 1. The molecular weight excluding hydrogens is 212 g/mol. The molecule has 0 radical (unpaired) electrons. The van der Waals surface area contributed by atoms with Gasteiger partial charge in [-0.15, -0.1) is 0 Å². The fourth-order valence-corrected chi connectivity index (χ4v) is 2.12. The predicted octanol–water partition coefficient (Wildman–Crippen LogP) is 2.09. The molecule has 2 rings (SSSR count). The van der Waals surface area contributed by atoms with Crippen LogP contribution in [-0.2, 0) is 4.74 Å². The Morgan fingerprint density at radius 1 is 1.41 bits per heavy atom. The van der Waals surface area contributed by atoms with E-state index in [1.165, 1.54) is 16.8 Å². The Labute approximate surface area is 104 Å². The highest BCUT2D eigenvalue weighted by molar-refractivity contribution is 5.53. The van der Waals surface area contributed by atoms with E-state index < -0.39 is 0 Å². The SMILES string of the molecule is Cc1cccc(NCCC2CNCCO2)c1C. The second-order valence-electron chi connectivity index (χ2n) is 4.66. The second-order valence-corrected chi connectivity index (χ2v) is 4.66. The number of rotatable bonds is 4. The Bertz CT molecular complexity index is 359. The minimum atomic E-state index is 0.362. The molecule has 17 heavy (non-hydrogen) atoms. The lowest BCUT2D eigenvalue weighted by molar-refractivity contribution is 0.0258. The van der Waals surface area contributed by atoms with Gasteiger partial charge in [-0.1, -0.05) is 12.1 Å². The van der Waals surface area contributed by atoms with Crippen LogP contribution in [0.3, 0.4) is 0 Å². The first-order chi connectivity index (χ1) is 8.27. The number of ether oxygens (including phenoxy) is 1. The Kier molecular flexibility index (Phi) is 4.40. The van der Waals surface area contributed by atoms with Gasteiger partial charge < -0.3 is 15.4 Å². The Balaban J connectivity index is 1.79. The highest BCUT2D eigenvalue weighted by atomic mass is 16.5. The average molecular weight is 234 g/mol. The third-order valence-corrected chi connectivity index (χ3v) is 3.39. The summed E-state index contributed by atoms with van der Waals surface area (Å²) in [6.45, 7) is 8.09. The fraction of sp³-hybridized carbons (Fsp3) is 0.571. The Morgan fingerprint density at radius 2 is 2.29 bits per heavy atom. The minimum absolute atomic E-state index is 0.362. The zero-order chi connectivity index (χ0) is 12.1. The summed E-state index contributed by atoms with van der Waals surface area (Å²) in [4.78, 5) is 0. The van der Waals surface area contributed by atoms with Crippen molar-refractivity contribution in [1.29, 1.82) is 0 Å². The molecule has 0 spiro atoms. The van der Waals surface area contributed by atoms with Gasteiger partial charge in [0.05, 0.1) is 12.7 Å². The number of aryl methyl sites for hydroxylation is 1. The van der Waals surface area contributed by atoms with Gasteiger partial charge >= 0.3 is 0 Å². The van der Waals surface area contributed by atoms with Crippen molar-refractivity contribution in [2.24, 2.45) is 0 Å². The molecule has 3 heteroatoms. The van der Waals surface area contributed by atoms with Crippen LogP contribution in [0, 0.1) is 13.8 Å². The summed E-state index contributed by atoms with van der Waals surface area (Å²) < 4.78 is 5.67. The third kappa shape index (κ3) is 3.45. The maximum Gasteiger partial charge on any atom is 0.0716 e. The van der Waals surface area contributed by atoms with Crippen molar-refractivity contribution >= 4 is 5.69 Å². The maximum absolute atomic E-state index is 5.67. The summed E-state index contributed by atoms with van der Waals surface area (Å²) in [5, 5.41) is 6.84. The van der Waals surface area contributed by atoms with Crippen LogP contribution < -0.4 is 10.6 Å². The fourth-order valence-electron chi connectivity index (χ4n) is 2.12. The third-order valence-electron chi connectivity index (χ3n) is 3.39. The van der Waals surface area contributed by atoms with E-state index in [4.69, 9.17) is 4.74 Å². The van der Waals surface area contributed by atoms with E-state index in [-0.39, 0.29) is 0 Å². The van der Waals surface area contributed by atoms with Crippen molar-refractivity contribution in [3.05, 3.63) is 29.3 Å². The standard InChI is InChI=1S/C14H22N2O/c1-11-4-3-5-14(12(11)2)16-7-6-13-10-15-8-9-17-13/h3-5,13,15-16H,6-10H2,1-2H3. The van der Waals surface area contributed by atoms with Crippen LogP contribution in [0.25, 0.3) is 0 Å². The first kappa shape index (κ1) is 12.4. The largest absolute Gasteiger partial charge is 0.385 e. The molecule has 0 bridgehead atoms. The van der Waals surface area contributed by atoms with E-state index in [0.717, 1.165) is 32.7 Å². The number of hydrogen-bond donors (Lipinski definition) is 2. The van der Waals surface area contributed by atoms with Crippen molar-refractivity contribution in [2.75, 3.05) is 31.6 Å². The molecule has 1 saturated heterocycles. The van der Waals surface area contributed by atoms with Crippen molar-refractivity contribution < 1.29 is 4.74 Å². The average Bonchev–Trinajstić information content (AvgIpc) is 2.36. The number of hydrogen-bond acceptors (Lipinski definition) is 3. The Morgan fingerprint density at radius 3 is 3.06 bits per heavy atom.